The van der Waals surface area contributed by atoms with E-state index in [1.165, 1.54) is 11.1 Å². The van der Waals surface area contributed by atoms with E-state index in [-0.39, 0.29) is 0 Å². The quantitative estimate of drug-likeness (QED) is 0.461. The normalized spacial score (nSPS) is 12.8. The van der Waals surface area contributed by atoms with E-state index in [9.17, 15) is 0 Å². The third-order valence-electron chi connectivity index (χ3n) is 1.43. The predicted molar refractivity (Wildman–Crippen MR) is 54.0 cm³/mol. The zero-order valence-electron chi connectivity index (χ0n) is 8.64. The topological polar surface area (TPSA) is 9.23 Å². The maximum atomic E-state index is 5.03. The third-order valence-corrected chi connectivity index (χ3v) is 1.43. The molecule has 0 fully saturated rings. The van der Waals surface area contributed by atoms with Gasteiger partial charge in [0.25, 0.3) is 0 Å². The first-order chi connectivity index (χ1) is 5.56. The molecular formula is C11H18O. The summed E-state index contributed by atoms with van der Waals surface area (Å²) in [5.41, 5.74) is 2.51. The van der Waals surface area contributed by atoms with Crippen molar-refractivity contribution in [3.8, 4) is 0 Å². The molecule has 0 aliphatic rings. The van der Waals surface area contributed by atoms with E-state index in [0.29, 0.717) is 0 Å². The fraction of sp³-hybridized carbons (Fsp3) is 0.455. The van der Waals surface area contributed by atoms with Crippen LogP contribution >= 0.6 is 0 Å². The maximum Gasteiger partial charge on any atom is 0.0927 e. The van der Waals surface area contributed by atoms with Crippen molar-refractivity contribution in [2.45, 2.75) is 27.7 Å². The molecule has 0 rings (SSSR count). The van der Waals surface area contributed by atoms with Gasteiger partial charge in [0.1, 0.15) is 0 Å². The molecule has 0 radical (unpaired) electrons. The molecule has 68 valence electrons. The summed E-state index contributed by atoms with van der Waals surface area (Å²) in [5, 5.41) is 0. The average Bonchev–Trinajstić information content (AvgIpc) is 2.00. The van der Waals surface area contributed by atoms with E-state index in [1.807, 2.05) is 13.0 Å². The second kappa shape index (κ2) is 5.64. The van der Waals surface area contributed by atoms with Crippen LogP contribution in [0.5, 0.6) is 0 Å². The van der Waals surface area contributed by atoms with Crippen molar-refractivity contribution >= 4 is 0 Å². The Labute approximate surface area is 75.4 Å². The molecular weight excluding hydrogens is 148 g/mol. The molecule has 1 heteroatoms. The van der Waals surface area contributed by atoms with Crippen molar-refractivity contribution in [1.82, 2.24) is 0 Å². The molecule has 1 nitrogen and oxygen atoms in total. The summed E-state index contributed by atoms with van der Waals surface area (Å²) in [4.78, 5) is 0. The highest BCUT2D eigenvalue weighted by Crippen LogP contribution is 2.03. The summed E-state index contributed by atoms with van der Waals surface area (Å²) >= 11 is 0. The van der Waals surface area contributed by atoms with Gasteiger partial charge in [-0.05, 0) is 39.3 Å². The summed E-state index contributed by atoms with van der Waals surface area (Å²) in [6.07, 6.45) is 6.19. The fourth-order valence-electron chi connectivity index (χ4n) is 0.726. The second-order valence-corrected chi connectivity index (χ2v) is 3.11. The van der Waals surface area contributed by atoms with E-state index in [1.54, 1.807) is 7.11 Å². The Bertz CT molecular complexity index is 215. The first-order valence-electron chi connectivity index (χ1n) is 4.10. The molecule has 0 aromatic rings. The lowest BCUT2D eigenvalue weighted by molar-refractivity contribution is 0.293. The first-order valence-corrected chi connectivity index (χ1v) is 4.10. The molecule has 0 bridgehead atoms. The Morgan fingerprint density at radius 2 is 1.58 bits per heavy atom. The van der Waals surface area contributed by atoms with E-state index >= 15 is 0 Å². The predicted octanol–water partition coefficient (Wildman–Crippen LogP) is 3.45. The Hall–Kier alpha value is -0.980. The minimum atomic E-state index is 0.936. The van der Waals surface area contributed by atoms with Crippen LogP contribution in [-0.4, -0.2) is 7.11 Å². The van der Waals surface area contributed by atoms with E-state index in [2.05, 4.69) is 32.9 Å². The van der Waals surface area contributed by atoms with Crippen molar-refractivity contribution in [3.63, 3.8) is 0 Å². The highest BCUT2D eigenvalue weighted by Gasteiger charge is 1.85. The molecule has 0 aliphatic heterocycles. The van der Waals surface area contributed by atoms with Gasteiger partial charge in [-0.2, -0.15) is 0 Å². The lowest BCUT2D eigenvalue weighted by Gasteiger charge is -1.97. The molecule has 0 heterocycles. The van der Waals surface area contributed by atoms with Gasteiger partial charge in [-0.1, -0.05) is 17.7 Å². The van der Waals surface area contributed by atoms with Gasteiger partial charge in [0.05, 0.1) is 12.9 Å². The standard InChI is InChI=1S/C11H18O/c1-9(2)6-7-10(3)8-11(4)12-5/h6-8H,1-5H3/b10-7-,11-8+. The molecule has 0 saturated carbocycles. The van der Waals surface area contributed by atoms with E-state index < -0.39 is 0 Å². The zero-order valence-corrected chi connectivity index (χ0v) is 8.64. The highest BCUT2D eigenvalue weighted by atomic mass is 16.5. The SMILES string of the molecule is CO/C(C)=C/C(C)=C\C=C(C)C. The minimum Gasteiger partial charge on any atom is -0.501 e. The van der Waals surface area contributed by atoms with Gasteiger partial charge in [-0.15, -0.1) is 0 Å². The number of hydrogen-bond acceptors (Lipinski definition) is 1. The van der Waals surface area contributed by atoms with Gasteiger partial charge >= 0.3 is 0 Å². The van der Waals surface area contributed by atoms with Crippen LogP contribution in [0.2, 0.25) is 0 Å². The van der Waals surface area contributed by atoms with Crippen LogP contribution in [0.1, 0.15) is 27.7 Å². The van der Waals surface area contributed by atoms with Crippen LogP contribution < -0.4 is 0 Å². The van der Waals surface area contributed by atoms with Crippen molar-refractivity contribution in [2.75, 3.05) is 7.11 Å². The Balaban J connectivity index is 4.30. The fourth-order valence-corrected chi connectivity index (χ4v) is 0.726. The average molecular weight is 166 g/mol. The number of allylic oxidation sites excluding steroid dienone is 6. The molecule has 0 unspecified atom stereocenters. The minimum absolute atomic E-state index is 0.936. The molecule has 0 aliphatic carbocycles. The molecule has 0 spiro atoms. The van der Waals surface area contributed by atoms with E-state index in [4.69, 9.17) is 4.74 Å². The second-order valence-electron chi connectivity index (χ2n) is 3.11. The molecule has 0 amide bonds. The molecule has 0 aromatic heterocycles. The number of ether oxygens (including phenoxy) is 1. The van der Waals surface area contributed by atoms with Gasteiger partial charge in [0.2, 0.25) is 0 Å². The molecule has 0 saturated heterocycles. The Morgan fingerprint density at radius 1 is 1.00 bits per heavy atom. The van der Waals surface area contributed by atoms with Crippen LogP contribution in [0.3, 0.4) is 0 Å². The number of rotatable bonds is 3. The third kappa shape index (κ3) is 5.78. The van der Waals surface area contributed by atoms with Crippen LogP contribution in [0.4, 0.5) is 0 Å². The monoisotopic (exact) mass is 166 g/mol. The summed E-state index contributed by atoms with van der Waals surface area (Å²) in [5.74, 6) is 0.936. The van der Waals surface area contributed by atoms with Gasteiger partial charge < -0.3 is 4.74 Å². The Morgan fingerprint density at radius 3 is 2.00 bits per heavy atom. The summed E-state index contributed by atoms with van der Waals surface area (Å²) in [7, 11) is 1.68. The highest BCUT2D eigenvalue weighted by molar-refractivity contribution is 5.24. The van der Waals surface area contributed by atoms with Crippen LogP contribution in [0, 0.1) is 0 Å². The first kappa shape index (κ1) is 11.0. The maximum absolute atomic E-state index is 5.03. The Kier molecular flexibility index (Phi) is 5.18. The van der Waals surface area contributed by atoms with Crippen molar-refractivity contribution in [3.05, 3.63) is 35.1 Å². The largest absolute Gasteiger partial charge is 0.501 e. The molecule has 12 heavy (non-hydrogen) atoms. The summed E-state index contributed by atoms with van der Waals surface area (Å²) in [6.45, 7) is 8.16. The summed E-state index contributed by atoms with van der Waals surface area (Å²) < 4.78 is 5.03. The lowest BCUT2D eigenvalue weighted by atomic mass is 10.2. The van der Waals surface area contributed by atoms with Crippen molar-refractivity contribution in [2.24, 2.45) is 0 Å². The van der Waals surface area contributed by atoms with Crippen LogP contribution in [-0.2, 0) is 4.74 Å². The van der Waals surface area contributed by atoms with E-state index in [0.717, 1.165) is 5.76 Å². The molecule has 0 atom stereocenters. The lowest BCUT2D eigenvalue weighted by Crippen LogP contribution is -1.79. The van der Waals surface area contributed by atoms with Crippen molar-refractivity contribution in [1.29, 1.82) is 0 Å². The van der Waals surface area contributed by atoms with Crippen molar-refractivity contribution < 1.29 is 4.74 Å². The van der Waals surface area contributed by atoms with Gasteiger partial charge in [-0.25, -0.2) is 0 Å². The number of methoxy groups -OCH3 is 1. The van der Waals surface area contributed by atoms with Crippen LogP contribution in [0.25, 0.3) is 0 Å². The van der Waals surface area contributed by atoms with Gasteiger partial charge in [0, 0.05) is 0 Å². The smallest absolute Gasteiger partial charge is 0.0927 e. The van der Waals surface area contributed by atoms with Gasteiger partial charge in [-0.3, -0.25) is 0 Å². The zero-order chi connectivity index (χ0) is 9.56. The molecule has 0 aromatic carbocycles. The van der Waals surface area contributed by atoms with Crippen LogP contribution in [0.15, 0.2) is 35.1 Å². The number of hydrogen-bond donors (Lipinski definition) is 0. The van der Waals surface area contributed by atoms with Gasteiger partial charge in [0.15, 0.2) is 0 Å². The summed E-state index contributed by atoms with van der Waals surface area (Å²) in [6, 6.07) is 0. The molecule has 0 N–H and O–H groups in total.